The lowest BCUT2D eigenvalue weighted by Gasteiger charge is -2.16. The van der Waals surface area contributed by atoms with E-state index >= 15 is 0 Å². The Morgan fingerprint density at radius 2 is 2.21 bits per heavy atom. The third kappa shape index (κ3) is 2.93. The van der Waals surface area contributed by atoms with Crippen LogP contribution in [0.3, 0.4) is 0 Å². The van der Waals surface area contributed by atoms with E-state index in [0.717, 1.165) is 18.1 Å². The fraction of sp³-hybridized carbons (Fsp3) is 0.556. The molecule has 0 unspecified atom stereocenters. The second-order valence-electron chi connectivity index (χ2n) is 2.98. The first kappa shape index (κ1) is 10.9. The quantitative estimate of drug-likeness (QED) is 0.719. The van der Waals surface area contributed by atoms with Crippen molar-refractivity contribution in [2.24, 2.45) is 5.73 Å². The average molecular weight is 196 g/mol. The highest BCUT2D eigenvalue weighted by Gasteiger charge is 2.01. The van der Waals surface area contributed by atoms with Gasteiger partial charge in [-0.3, -0.25) is 4.98 Å². The monoisotopic (exact) mass is 196 g/mol. The van der Waals surface area contributed by atoms with Crippen molar-refractivity contribution in [1.82, 2.24) is 9.97 Å². The highest BCUT2D eigenvalue weighted by Crippen LogP contribution is 2.05. The molecule has 0 aliphatic rings. The van der Waals surface area contributed by atoms with Gasteiger partial charge in [-0.05, 0) is 0 Å². The summed E-state index contributed by atoms with van der Waals surface area (Å²) in [6.45, 7) is 1.90. The van der Waals surface area contributed by atoms with E-state index in [1.807, 2.05) is 11.9 Å². The summed E-state index contributed by atoms with van der Waals surface area (Å²) in [6.07, 6.45) is 3.41. The third-order valence-corrected chi connectivity index (χ3v) is 1.92. The minimum Gasteiger partial charge on any atom is -0.383 e. The Bertz CT molecular complexity index is 262. The summed E-state index contributed by atoms with van der Waals surface area (Å²) in [4.78, 5) is 10.4. The molecule has 0 fully saturated rings. The zero-order chi connectivity index (χ0) is 10.4. The van der Waals surface area contributed by atoms with E-state index < -0.39 is 0 Å². The zero-order valence-corrected chi connectivity index (χ0v) is 8.60. The van der Waals surface area contributed by atoms with E-state index in [4.69, 9.17) is 10.5 Å². The summed E-state index contributed by atoms with van der Waals surface area (Å²) in [5, 5.41) is 0. The Balaban J connectivity index is 2.57. The molecule has 5 heteroatoms. The summed E-state index contributed by atoms with van der Waals surface area (Å²) < 4.78 is 4.97. The van der Waals surface area contributed by atoms with Crippen molar-refractivity contribution >= 4 is 5.82 Å². The van der Waals surface area contributed by atoms with Gasteiger partial charge in [-0.1, -0.05) is 0 Å². The van der Waals surface area contributed by atoms with Gasteiger partial charge < -0.3 is 15.4 Å². The number of aromatic nitrogens is 2. The normalized spacial score (nSPS) is 10.2. The van der Waals surface area contributed by atoms with Crippen molar-refractivity contribution in [2.45, 2.75) is 6.54 Å². The van der Waals surface area contributed by atoms with Gasteiger partial charge in [-0.25, -0.2) is 4.98 Å². The van der Waals surface area contributed by atoms with E-state index in [1.54, 1.807) is 19.5 Å². The molecule has 0 spiro atoms. The second-order valence-corrected chi connectivity index (χ2v) is 2.98. The minimum atomic E-state index is 0.426. The number of nitrogens with zero attached hydrogens (tertiary/aromatic N) is 3. The lowest BCUT2D eigenvalue weighted by Crippen LogP contribution is -2.23. The van der Waals surface area contributed by atoms with Crippen molar-refractivity contribution < 1.29 is 4.74 Å². The van der Waals surface area contributed by atoms with Gasteiger partial charge in [-0.15, -0.1) is 0 Å². The van der Waals surface area contributed by atoms with Crippen LogP contribution in [0.25, 0.3) is 0 Å². The Morgan fingerprint density at radius 1 is 1.43 bits per heavy atom. The fourth-order valence-electron chi connectivity index (χ4n) is 0.993. The topological polar surface area (TPSA) is 64.3 Å². The predicted octanol–water partition coefficient (Wildman–Crippen LogP) is 0.0179. The smallest absolute Gasteiger partial charge is 0.146 e. The van der Waals surface area contributed by atoms with Gasteiger partial charge in [0.1, 0.15) is 5.82 Å². The summed E-state index contributed by atoms with van der Waals surface area (Å²) in [5.74, 6) is 0.833. The molecule has 1 heterocycles. The maximum Gasteiger partial charge on any atom is 0.146 e. The molecule has 78 valence electrons. The molecule has 0 amide bonds. The van der Waals surface area contributed by atoms with Crippen LogP contribution in [0, 0.1) is 0 Å². The molecule has 0 aromatic carbocycles. The van der Waals surface area contributed by atoms with Crippen LogP contribution in [0.2, 0.25) is 0 Å². The number of hydrogen-bond acceptors (Lipinski definition) is 5. The lowest BCUT2D eigenvalue weighted by atomic mass is 10.4. The molecular formula is C9H16N4O. The van der Waals surface area contributed by atoms with Crippen molar-refractivity contribution in [3.63, 3.8) is 0 Å². The van der Waals surface area contributed by atoms with E-state index in [1.165, 1.54) is 0 Å². The summed E-state index contributed by atoms with van der Waals surface area (Å²) in [7, 11) is 3.63. The van der Waals surface area contributed by atoms with Crippen LogP contribution in [0.1, 0.15) is 5.69 Å². The average Bonchev–Trinajstić information content (AvgIpc) is 2.26. The lowest BCUT2D eigenvalue weighted by molar-refractivity contribution is 0.206. The Morgan fingerprint density at radius 3 is 2.71 bits per heavy atom. The van der Waals surface area contributed by atoms with Crippen LogP contribution in [0.5, 0.6) is 0 Å². The first-order valence-corrected chi connectivity index (χ1v) is 4.49. The number of methoxy groups -OCH3 is 1. The van der Waals surface area contributed by atoms with Gasteiger partial charge in [0.15, 0.2) is 0 Å². The van der Waals surface area contributed by atoms with Crippen LogP contribution in [-0.4, -0.2) is 37.3 Å². The Kier molecular flexibility index (Phi) is 4.28. The number of anilines is 1. The Hall–Kier alpha value is -1.20. The fourth-order valence-corrected chi connectivity index (χ4v) is 0.993. The van der Waals surface area contributed by atoms with Gasteiger partial charge in [-0.2, -0.15) is 0 Å². The van der Waals surface area contributed by atoms with E-state index in [0.29, 0.717) is 13.2 Å². The van der Waals surface area contributed by atoms with Crippen molar-refractivity contribution in [1.29, 1.82) is 0 Å². The SMILES string of the molecule is COCCN(C)c1cnc(CN)cn1. The van der Waals surface area contributed by atoms with Gasteiger partial charge >= 0.3 is 0 Å². The third-order valence-electron chi connectivity index (χ3n) is 1.92. The standard InChI is InChI=1S/C9H16N4O/c1-13(3-4-14-2)9-7-11-8(5-10)6-12-9/h6-7H,3-5,10H2,1-2H3. The molecule has 1 aromatic heterocycles. The second kappa shape index (κ2) is 5.51. The van der Waals surface area contributed by atoms with Crippen LogP contribution in [0.4, 0.5) is 5.82 Å². The summed E-state index contributed by atoms with van der Waals surface area (Å²) in [5.41, 5.74) is 6.22. The molecule has 0 saturated heterocycles. The number of nitrogens with two attached hydrogens (primary N) is 1. The molecule has 0 atom stereocenters. The van der Waals surface area contributed by atoms with Gasteiger partial charge in [0.25, 0.3) is 0 Å². The molecule has 0 bridgehead atoms. The number of likely N-dealkylation sites (N-methyl/N-ethyl adjacent to an activating group) is 1. The predicted molar refractivity (Wildman–Crippen MR) is 55.1 cm³/mol. The molecular weight excluding hydrogens is 180 g/mol. The number of rotatable bonds is 5. The summed E-state index contributed by atoms with van der Waals surface area (Å²) in [6, 6.07) is 0. The van der Waals surface area contributed by atoms with Crippen molar-refractivity contribution in [3.8, 4) is 0 Å². The largest absolute Gasteiger partial charge is 0.383 e. The maximum absolute atomic E-state index is 5.42. The maximum atomic E-state index is 5.42. The molecule has 2 N–H and O–H groups in total. The summed E-state index contributed by atoms with van der Waals surface area (Å²) >= 11 is 0. The molecule has 0 saturated carbocycles. The van der Waals surface area contributed by atoms with Gasteiger partial charge in [0.05, 0.1) is 24.7 Å². The zero-order valence-electron chi connectivity index (χ0n) is 8.60. The number of ether oxygens (including phenoxy) is 1. The van der Waals surface area contributed by atoms with Crippen LogP contribution in [0.15, 0.2) is 12.4 Å². The molecule has 14 heavy (non-hydrogen) atoms. The van der Waals surface area contributed by atoms with Crippen molar-refractivity contribution in [3.05, 3.63) is 18.1 Å². The molecule has 1 aromatic rings. The molecule has 0 radical (unpaired) electrons. The molecule has 0 aliphatic heterocycles. The first-order chi connectivity index (χ1) is 6.77. The molecule has 0 aliphatic carbocycles. The highest BCUT2D eigenvalue weighted by atomic mass is 16.5. The van der Waals surface area contributed by atoms with Gasteiger partial charge in [0, 0.05) is 27.2 Å². The highest BCUT2D eigenvalue weighted by molar-refractivity contribution is 5.34. The van der Waals surface area contributed by atoms with Crippen LogP contribution >= 0.6 is 0 Å². The van der Waals surface area contributed by atoms with E-state index in [-0.39, 0.29) is 0 Å². The number of hydrogen-bond donors (Lipinski definition) is 1. The van der Waals surface area contributed by atoms with E-state index in [2.05, 4.69) is 9.97 Å². The van der Waals surface area contributed by atoms with E-state index in [9.17, 15) is 0 Å². The molecule has 5 nitrogen and oxygen atoms in total. The Labute approximate surface area is 83.9 Å². The first-order valence-electron chi connectivity index (χ1n) is 4.49. The van der Waals surface area contributed by atoms with Crippen LogP contribution in [-0.2, 0) is 11.3 Å². The molecule has 1 rings (SSSR count). The minimum absolute atomic E-state index is 0.426. The van der Waals surface area contributed by atoms with Crippen LogP contribution < -0.4 is 10.6 Å². The van der Waals surface area contributed by atoms with Crippen molar-refractivity contribution in [2.75, 3.05) is 32.2 Å². The van der Waals surface area contributed by atoms with Gasteiger partial charge in [0.2, 0.25) is 0 Å².